The van der Waals surface area contributed by atoms with Crippen molar-refractivity contribution in [1.29, 1.82) is 0 Å². The van der Waals surface area contributed by atoms with Crippen LogP contribution in [0.25, 0.3) is 10.9 Å². The fourth-order valence-electron chi connectivity index (χ4n) is 2.63. The number of carbonyl (C=O) groups excluding carboxylic acids is 2. The summed E-state index contributed by atoms with van der Waals surface area (Å²) in [6.07, 6.45) is 5.18. The number of unbranched alkanes of at least 4 members (excludes halogenated alkanes) is 2. The van der Waals surface area contributed by atoms with Crippen molar-refractivity contribution in [2.75, 3.05) is 18.4 Å². The minimum atomic E-state index is -0.102. The van der Waals surface area contributed by atoms with E-state index in [0.29, 0.717) is 18.8 Å². The second kappa shape index (κ2) is 9.01. The summed E-state index contributed by atoms with van der Waals surface area (Å²) in [6.45, 7) is 4.84. The van der Waals surface area contributed by atoms with Crippen molar-refractivity contribution in [3.8, 4) is 0 Å². The lowest BCUT2D eigenvalue weighted by Crippen LogP contribution is -2.32. The Hall–Kier alpha value is -2.43. The third kappa shape index (κ3) is 5.05. The number of fused-ring (bicyclic) bond motifs is 1. The van der Waals surface area contributed by atoms with Crippen molar-refractivity contribution in [3.63, 3.8) is 0 Å². The van der Waals surface area contributed by atoms with Crippen LogP contribution in [0.15, 0.2) is 36.5 Å². The lowest BCUT2D eigenvalue weighted by Gasteiger charge is -2.20. The Balaban J connectivity index is 1.93. The topological polar surface area (TPSA) is 62.3 Å². The zero-order valence-corrected chi connectivity index (χ0v) is 14.4. The molecule has 0 fully saturated rings. The first kappa shape index (κ1) is 17.9. The normalized spacial score (nSPS) is 10.6. The van der Waals surface area contributed by atoms with Gasteiger partial charge in [0.05, 0.1) is 11.2 Å². The van der Waals surface area contributed by atoms with Gasteiger partial charge in [0.25, 0.3) is 0 Å². The van der Waals surface area contributed by atoms with Crippen LogP contribution in [-0.2, 0) is 9.59 Å². The number of aromatic nitrogens is 1. The fourth-order valence-corrected chi connectivity index (χ4v) is 2.63. The molecule has 2 rings (SSSR count). The summed E-state index contributed by atoms with van der Waals surface area (Å²) in [5, 5.41) is 3.89. The highest BCUT2D eigenvalue weighted by molar-refractivity contribution is 6.00. The third-order valence-corrected chi connectivity index (χ3v) is 3.99. The van der Waals surface area contributed by atoms with Gasteiger partial charge in [-0.2, -0.15) is 0 Å². The molecule has 0 aliphatic heterocycles. The summed E-state index contributed by atoms with van der Waals surface area (Å²) >= 11 is 0. The maximum Gasteiger partial charge on any atom is 0.226 e. The van der Waals surface area contributed by atoms with Gasteiger partial charge in [-0.1, -0.05) is 38.0 Å². The summed E-state index contributed by atoms with van der Waals surface area (Å²) in [5.41, 5.74) is 1.48. The average Bonchev–Trinajstić information content (AvgIpc) is 2.58. The number of hydrogen-bond acceptors (Lipinski definition) is 3. The van der Waals surface area contributed by atoms with Crippen LogP contribution in [0.3, 0.4) is 0 Å². The summed E-state index contributed by atoms with van der Waals surface area (Å²) in [6, 6.07) is 9.53. The molecule has 0 unspecified atom stereocenters. The Kier molecular flexibility index (Phi) is 6.73. The number of nitrogens with zero attached hydrogens (tertiary/aromatic N) is 2. The van der Waals surface area contributed by atoms with Crippen LogP contribution >= 0.6 is 0 Å². The van der Waals surface area contributed by atoms with Crippen LogP contribution in [0.4, 0.5) is 5.69 Å². The Morgan fingerprint density at radius 1 is 1.12 bits per heavy atom. The number of para-hydroxylation sites is 1. The molecule has 2 aromatic rings. The second-order valence-electron chi connectivity index (χ2n) is 5.89. The number of pyridine rings is 1. The van der Waals surface area contributed by atoms with Crippen molar-refractivity contribution in [1.82, 2.24) is 9.88 Å². The quantitative estimate of drug-likeness (QED) is 0.754. The molecule has 2 amide bonds. The molecule has 1 heterocycles. The van der Waals surface area contributed by atoms with Crippen molar-refractivity contribution < 1.29 is 9.59 Å². The van der Waals surface area contributed by atoms with Gasteiger partial charge in [-0.05, 0) is 18.6 Å². The first-order valence-electron chi connectivity index (χ1n) is 8.51. The molecule has 0 saturated carbocycles. The molecule has 0 radical (unpaired) electrons. The third-order valence-electron chi connectivity index (χ3n) is 3.99. The number of hydrogen-bond donors (Lipinski definition) is 1. The van der Waals surface area contributed by atoms with E-state index in [2.05, 4.69) is 17.2 Å². The highest BCUT2D eigenvalue weighted by Crippen LogP contribution is 2.20. The van der Waals surface area contributed by atoms with Gasteiger partial charge in [0.1, 0.15) is 0 Å². The smallest absolute Gasteiger partial charge is 0.226 e. The van der Waals surface area contributed by atoms with Gasteiger partial charge in [0.2, 0.25) is 11.8 Å². The Morgan fingerprint density at radius 2 is 1.92 bits per heavy atom. The van der Waals surface area contributed by atoms with Gasteiger partial charge in [-0.25, -0.2) is 0 Å². The van der Waals surface area contributed by atoms with Gasteiger partial charge in [0.15, 0.2) is 0 Å². The zero-order valence-electron chi connectivity index (χ0n) is 14.4. The number of nitrogens with one attached hydrogen (secondary N) is 1. The van der Waals surface area contributed by atoms with Gasteiger partial charge in [0, 0.05) is 38.0 Å². The molecule has 0 aliphatic carbocycles. The minimum Gasteiger partial charge on any atom is -0.342 e. The molecule has 0 bridgehead atoms. The van der Waals surface area contributed by atoms with E-state index in [0.717, 1.165) is 30.2 Å². The molecule has 0 spiro atoms. The van der Waals surface area contributed by atoms with E-state index in [1.165, 1.54) is 0 Å². The van der Waals surface area contributed by atoms with Crippen LogP contribution in [0.5, 0.6) is 0 Å². The van der Waals surface area contributed by atoms with E-state index in [1.807, 2.05) is 30.3 Å². The van der Waals surface area contributed by atoms with Crippen LogP contribution < -0.4 is 5.32 Å². The van der Waals surface area contributed by atoms with Gasteiger partial charge >= 0.3 is 0 Å². The van der Waals surface area contributed by atoms with E-state index < -0.39 is 0 Å². The first-order valence-corrected chi connectivity index (χ1v) is 8.51. The molecule has 0 atom stereocenters. The molecule has 1 aromatic carbocycles. The summed E-state index contributed by atoms with van der Waals surface area (Å²) in [7, 11) is 0. The van der Waals surface area contributed by atoms with Gasteiger partial charge in [-0.3, -0.25) is 14.6 Å². The SMILES string of the molecule is CCCCCN(CCC(=O)Nc1cccc2cccnc12)C(C)=O. The Bertz CT molecular complexity index is 695. The predicted molar refractivity (Wildman–Crippen MR) is 96.8 cm³/mol. The van der Waals surface area contributed by atoms with Crippen LogP contribution in [0.1, 0.15) is 39.5 Å². The number of carbonyl (C=O) groups is 2. The standard InChI is InChI=1S/C19H25N3O2/c1-3-4-5-13-22(15(2)23)14-11-18(24)21-17-10-6-8-16-9-7-12-20-19(16)17/h6-10,12H,3-5,11,13-14H2,1-2H3,(H,21,24). The number of rotatable bonds is 8. The molecular formula is C19H25N3O2. The van der Waals surface area contributed by atoms with Crippen molar-refractivity contribution in [3.05, 3.63) is 36.5 Å². The number of anilines is 1. The lowest BCUT2D eigenvalue weighted by atomic mass is 10.2. The summed E-state index contributed by atoms with van der Waals surface area (Å²) in [5.74, 6) is -0.0828. The van der Waals surface area contributed by atoms with Gasteiger partial charge < -0.3 is 10.2 Å². The Morgan fingerprint density at radius 3 is 2.67 bits per heavy atom. The lowest BCUT2D eigenvalue weighted by molar-refractivity contribution is -0.129. The average molecular weight is 327 g/mol. The molecule has 128 valence electrons. The predicted octanol–water partition coefficient (Wildman–Crippen LogP) is 3.60. The molecule has 0 saturated heterocycles. The summed E-state index contributed by atoms with van der Waals surface area (Å²) < 4.78 is 0. The molecule has 5 heteroatoms. The van der Waals surface area contributed by atoms with E-state index in [1.54, 1.807) is 18.0 Å². The van der Waals surface area contributed by atoms with E-state index in [-0.39, 0.29) is 18.2 Å². The van der Waals surface area contributed by atoms with Gasteiger partial charge in [-0.15, -0.1) is 0 Å². The van der Waals surface area contributed by atoms with Crippen molar-refractivity contribution in [2.24, 2.45) is 0 Å². The Labute approximate surface area is 143 Å². The van der Waals surface area contributed by atoms with Crippen LogP contribution in [0.2, 0.25) is 0 Å². The second-order valence-corrected chi connectivity index (χ2v) is 5.89. The minimum absolute atomic E-state index is 0.0192. The molecule has 0 aliphatic rings. The number of amides is 2. The van der Waals surface area contributed by atoms with E-state index in [9.17, 15) is 9.59 Å². The zero-order chi connectivity index (χ0) is 17.4. The van der Waals surface area contributed by atoms with E-state index >= 15 is 0 Å². The molecular weight excluding hydrogens is 302 g/mol. The highest BCUT2D eigenvalue weighted by Gasteiger charge is 2.12. The first-order chi connectivity index (χ1) is 11.6. The van der Waals surface area contributed by atoms with Crippen LogP contribution in [0, 0.1) is 0 Å². The maximum atomic E-state index is 12.2. The molecule has 1 N–H and O–H groups in total. The number of benzene rings is 1. The van der Waals surface area contributed by atoms with E-state index in [4.69, 9.17) is 0 Å². The molecule has 5 nitrogen and oxygen atoms in total. The maximum absolute atomic E-state index is 12.2. The fraction of sp³-hybridized carbons (Fsp3) is 0.421. The highest BCUT2D eigenvalue weighted by atomic mass is 16.2. The summed E-state index contributed by atoms with van der Waals surface area (Å²) in [4.78, 5) is 30.0. The largest absolute Gasteiger partial charge is 0.342 e. The van der Waals surface area contributed by atoms with Crippen LogP contribution in [-0.4, -0.2) is 34.8 Å². The molecule has 24 heavy (non-hydrogen) atoms. The monoisotopic (exact) mass is 327 g/mol. The van der Waals surface area contributed by atoms with Crippen molar-refractivity contribution in [2.45, 2.75) is 39.5 Å². The molecule has 1 aromatic heterocycles. The van der Waals surface area contributed by atoms with Crippen molar-refractivity contribution >= 4 is 28.4 Å².